The summed E-state index contributed by atoms with van der Waals surface area (Å²) in [5, 5.41) is 3.61. The normalized spacial score (nSPS) is 16.2. The number of rotatable bonds is 4. The van der Waals surface area contributed by atoms with Crippen LogP contribution >= 0.6 is 11.6 Å². The lowest BCUT2D eigenvalue weighted by Crippen LogP contribution is -2.43. The average Bonchev–Trinajstić information content (AvgIpc) is 2.64. The molecule has 0 unspecified atom stereocenters. The molecule has 138 valence electrons. The maximum atomic E-state index is 13.3. The van der Waals surface area contributed by atoms with E-state index in [1.165, 1.54) is 24.3 Å². The zero-order valence-corrected chi connectivity index (χ0v) is 15.0. The molecule has 1 saturated heterocycles. The second-order valence-corrected chi connectivity index (χ2v) is 7.01. The van der Waals surface area contributed by atoms with Gasteiger partial charge in [0.2, 0.25) is 0 Å². The molecule has 0 aliphatic carbocycles. The first kappa shape index (κ1) is 18.5. The van der Waals surface area contributed by atoms with E-state index in [2.05, 4.69) is 5.32 Å². The van der Waals surface area contributed by atoms with Gasteiger partial charge < -0.3 is 21.5 Å². The van der Waals surface area contributed by atoms with E-state index in [9.17, 15) is 9.18 Å². The number of anilines is 2. The molecule has 5 nitrogen and oxygen atoms in total. The van der Waals surface area contributed by atoms with Gasteiger partial charge in [-0.3, -0.25) is 0 Å². The van der Waals surface area contributed by atoms with E-state index >= 15 is 0 Å². The molecule has 1 aliphatic heterocycles. The third-order valence-corrected chi connectivity index (χ3v) is 5.11. The van der Waals surface area contributed by atoms with Crippen molar-refractivity contribution in [2.24, 2.45) is 0 Å². The summed E-state index contributed by atoms with van der Waals surface area (Å²) in [6.45, 7) is 1.76. The molecule has 0 bridgehead atoms. The van der Waals surface area contributed by atoms with Crippen molar-refractivity contribution in [2.45, 2.75) is 18.3 Å². The van der Waals surface area contributed by atoms with E-state index < -0.39 is 5.97 Å². The fraction of sp³-hybridized carbons (Fsp3) is 0.316. The van der Waals surface area contributed by atoms with Crippen LogP contribution in [0.2, 0.25) is 5.02 Å². The first-order valence-corrected chi connectivity index (χ1v) is 8.77. The lowest BCUT2D eigenvalue weighted by atomic mass is 9.74. The molecule has 0 radical (unpaired) electrons. The van der Waals surface area contributed by atoms with Crippen LogP contribution in [0.1, 0.15) is 28.8 Å². The highest BCUT2D eigenvalue weighted by Crippen LogP contribution is 2.35. The van der Waals surface area contributed by atoms with E-state index in [0.717, 1.165) is 31.5 Å². The fourth-order valence-corrected chi connectivity index (χ4v) is 3.54. The maximum absolute atomic E-state index is 13.3. The largest absolute Gasteiger partial charge is 0.461 e. The Morgan fingerprint density at radius 1 is 1.19 bits per heavy atom. The van der Waals surface area contributed by atoms with Crippen molar-refractivity contribution in [3.8, 4) is 0 Å². The predicted octanol–water partition coefficient (Wildman–Crippen LogP) is 3.12. The molecule has 0 amide bonds. The zero-order valence-electron chi connectivity index (χ0n) is 14.2. The number of nitrogens with two attached hydrogens (primary N) is 2. The number of hydrogen-bond acceptors (Lipinski definition) is 5. The molecule has 5 N–H and O–H groups in total. The lowest BCUT2D eigenvalue weighted by molar-refractivity contribution is 0.0362. The van der Waals surface area contributed by atoms with Crippen LogP contribution in [0.25, 0.3) is 0 Å². The summed E-state index contributed by atoms with van der Waals surface area (Å²) < 4.78 is 18.9. The molecular formula is C19H21ClFN3O2. The number of ether oxygens (including phenoxy) is 1. The van der Waals surface area contributed by atoms with Crippen LogP contribution in [-0.2, 0) is 10.2 Å². The molecule has 0 aromatic heterocycles. The van der Waals surface area contributed by atoms with Crippen LogP contribution in [-0.4, -0.2) is 25.7 Å². The average molecular weight is 378 g/mol. The van der Waals surface area contributed by atoms with Crippen LogP contribution in [0.5, 0.6) is 0 Å². The Bertz CT molecular complexity index is 805. The van der Waals surface area contributed by atoms with E-state index in [-0.39, 0.29) is 34.8 Å². The van der Waals surface area contributed by atoms with Crippen LogP contribution < -0.4 is 16.8 Å². The molecule has 26 heavy (non-hydrogen) atoms. The van der Waals surface area contributed by atoms with Crippen molar-refractivity contribution in [2.75, 3.05) is 31.2 Å². The maximum Gasteiger partial charge on any atom is 0.340 e. The molecule has 0 saturated carbocycles. The molecular weight excluding hydrogens is 357 g/mol. The highest BCUT2D eigenvalue weighted by atomic mass is 35.5. The van der Waals surface area contributed by atoms with Gasteiger partial charge in [-0.2, -0.15) is 0 Å². The second kappa shape index (κ2) is 7.51. The molecule has 0 spiro atoms. The molecule has 7 heteroatoms. The fourth-order valence-electron chi connectivity index (χ4n) is 3.31. The summed E-state index contributed by atoms with van der Waals surface area (Å²) in [6, 6.07) is 9.29. The summed E-state index contributed by atoms with van der Waals surface area (Å²) in [6.07, 6.45) is 1.55. The minimum atomic E-state index is -0.572. The number of esters is 1. The minimum Gasteiger partial charge on any atom is -0.461 e. The summed E-state index contributed by atoms with van der Waals surface area (Å²) in [4.78, 5) is 12.5. The quantitative estimate of drug-likeness (QED) is 0.562. The van der Waals surface area contributed by atoms with E-state index in [0.29, 0.717) is 5.02 Å². The number of piperidine rings is 1. The lowest BCUT2D eigenvalue weighted by Gasteiger charge is -2.37. The number of nitrogen functional groups attached to an aromatic ring is 2. The molecule has 2 aromatic rings. The Morgan fingerprint density at radius 3 is 2.50 bits per heavy atom. The van der Waals surface area contributed by atoms with Crippen LogP contribution in [0, 0.1) is 5.82 Å². The van der Waals surface area contributed by atoms with Gasteiger partial charge in [0.25, 0.3) is 0 Å². The van der Waals surface area contributed by atoms with Gasteiger partial charge in [0.15, 0.2) is 0 Å². The molecule has 3 rings (SSSR count). The second-order valence-electron chi connectivity index (χ2n) is 6.57. The number of carbonyl (C=O) groups is 1. The third kappa shape index (κ3) is 3.76. The number of carbonyl (C=O) groups excluding carboxylic acids is 1. The third-order valence-electron chi connectivity index (χ3n) is 4.89. The van der Waals surface area contributed by atoms with Gasteiger partial charge in [0.1, 0.15) is 12.4 Å². The van der Waals surface area contributed by atoms with Crippen molar-refractivity contribution in [3.05, 3.63) is 58.4 Å². The monoisotopic (exact) mass is 377 g/mol. The SMILES string of the molecule is Nc1cc(Cl)cc(C(=O)OCC2(c3ccc(F)cc3)CCNCC2)c1N. The van der Waals surface area contributed by atoms with Crippen molar-refractivity contribution in [3.63, 3.8) is 0 Å². The highest BCUT2D eigenvalue weighted by Gasteiger charge is 2.35. The van der Waals surface area contributed by atoms with Gasteiger partial charge in [0, 0.05) is 10.4 Å². The summed E-state index contributed by atoms with van der Waals surface area (Å²) in [7, 11) is 0. The Morgan fingerprint density at radius 2 is 1.85 bits per heavy atom. The van der Waals surface area contributed by atoms with Crippen LogP contribution in [0.3, 0.4) is 0 Å². The zero-order chi connectivity index (χ0) is 18.7. The Balaban J connectivity index is 1.82. The number of nitrogens with one attached hydrogen (secondary N) is 1. The smallest absolute Gasteiger partial charge is 0.340 e. The predicted molar refractivity (Wildman–Crippen MR) is 101 cm³/mol. The number of hydrogen-bond donors (Lipinski definition) is 3. The van der Waals surface area contributed by atoms with Crippen LogP contribution in [0.15, 0.2) is 36.4 Å². The van der Waals surface area contributed by atoms with Gasteiger partial charge in [-0.1, -0.05) is 23.7 Å². The minimum absolute atomic E-state index is 0.151. The molecule has 0 atom stereocenters. The summed E-state index contributed by atoms with van der Waals surface area (Å²) >= 11 is 5.97. The highest BCUT2D eigenvalue weighted by molar-refractivity contribution is 6.31. The summed E-state index contributed by atoms with van der Waals surface area (Å²) in [5.41, 5.74) is 12.8. The van der Waals surface area contributed by atoms with Crippen molar-refractivity contribution >= 4 is 28.9 Å². The Labute approximate surface area is 156 Å². The molecule has 2 aromatic carbocycles. The van der Waals surface area contributed by atoms with Crippen molar-refractivity contribution in [1.82, 2.24) is 5.32 Å². The van der Waals surface area contributed by atoms with E-state index in [1.807, 2.05) is 0 Å². The molecule has 1 heterocycles. The van der Waals surface area contributed by atoms with Gasteiger partial charge in [-0.15, -0.1) is 0 Å². The first-order chi connectivity index (χ1) is 12.4. The molecule has 1 aliphatic rings. The number of benzene rings is 2. The number of halogens is 2. The summed E-state index contributed by atoms with van der Waals surface area (Å²) in [5.74, 6) is -0.867. The van der Waals surface area contributed by atoms with E-state index in [1.54, 1.807) is 12.1 Å². The van der Waals surface area contributed by atoms with Crippen LogP contribution in [0.4, 0.5) is 15.8 Å². The Hall–Kier alpha value is -2.31. The van der Waals surface area contributed by atoms with Gasteiger partial charge >= 0.3 is 5.97 Å². The first-order valence-electron chi connectivity index (χ1n) is 8.40. The van der Waals surface area contributed by atoms with Crippen molar-refractivity contribution < 1.29 is 13.9 Å². The van der Waals surface area contributed by atoms with E-state index in [4.69, 9.17) is 27.8 Å². The van der Waals surface area contributed by atoms with Gasteiger partial charge in [-0.25, -0.2) is 9.18 Å². The van der Waals surface area contributed by atoms with Gasteiger partial charge in [-0.05, 0) is 55.8 Å². The van der Waals surface area contributed by atoms with Gasteiger partial charge in [0.05, 0.1) is 16.9 Å². The topological polar surface area (TPSA) is 90.4 Å². The molecule has 1 fully saturated rings. The van der Waals surface area contributed by atoms with Crippen molar-refractivity contribution in [1.29, 1.82) is 0 Å². The standard InChI is InChI=1S/C19H21ClFN3O2/c20-13-9-15(17(23)16(22)10-13)18(25)26-11-19(5-7-24-8-6-19)12-1-3-14(21)4-2-12/h1-4,9-10,24H,5-8,11,22-23H2. The Kier molecular flexibility index (Phi) is 5.34.